The van der Waals surface area contributed by atoms with Crippen LogP contribution >= 0.6 is 15.9 Å². The van der Waals surface area contributed by atoms with Crippen LogP contribution in [0.1, 0.15) is 24.3 Å². The molecule has 2 rings (SSSR count). The summed E-state index contributed by atoms with van der Waals surface area (Å²) < 4.78 is 14.0. The molecular weight excluding hydrogens is 269 g/mol. The van der Waals surface area contributed by atoms with E-state index >= 15 is 0 Å². The van der Waals surface area contributed by atoms with Gasteiger partial charge in [-0.15, -0.1) is 0 Å². The van der Waals surface area contributed by atoms with Gasteiger partial charge in [0.05, 0.1) is 0 Å². The van der Waals surface area contributed by atoms with Crippen LogP contribution in [0.3, 0.4) is 0 Å². The van der Waals surface area contributed by atoms with E-state index in [1.165, 1.54) is 6.07 Å². The molecule has 0 unspecified atom stereocenters. The lowest BCUT2D eigenvalue weighted by Crippen LogP contribution is -2.40. The molecule has 1 aliphatic carbocycles. The molecule has 1 saturated carbocycles. The summed E-state index contributed by atoms with van der Waals surface area (Å²) in [4.78, 5) is 0. The highest BCUT2D eigenvalue weighted by atomic mass is 79.9. The summed E-state index contributed by atoms with van der Waals surface area (Å²) in [5.74, 6) is 0.375. The van der Waals surface area contributed by atoms with E-state index in [4.69, 9.17) is 0 Å². The minimum Gasteiger partial charge on any atom is -0.309 e. The first kappa shape index (κ1) is 11.8. The molecule has 1 aliphatic rings. The van der Waals surface area contributed by atoms with Crippen LogP contribution in [0.25, 0.3) is 0 Å². The van der Waals surface area contributed by atoms with Gasteiger partial charge in [0.1, 0.15) is 5.82 Å². The van der Waals surface area contributed by atoms with Crippen molar-refractivity contribution < 1.29 is 4.39 Å². The highest BCUT2D eigenvalue weighted by molar-refractivity contribution is 9.11. The fourth-order valence-corrected chi connectivity index (χ4v) is 2.23. The molecule has 0 aromatic heterocycles. The lowest BCUT2D eigenvalue weighted by Gasteiger charge is -2.36. The summed E-state index contributed by atoms with van der Waals surface area (Å²) in [7, 11) is 0. The van der Waals surface area contributed by atoms with Gasteiger partial charge in [-0.3, -0.25) is 0 Å². The van der Waals surface area contributed by atoms with Crippen molar-refractivity contribution in [3.63, 3.8) is 0 Å². The molecule has 1 N–H and O–H groups in total. The van der Waals surface area contributed by atoms with Gasteiger partial charge in [0.2, 0.25) is 0 Å². The average molecular weight is 284 g/mol. The quantitative estimate of drug-likeness (QED) is 0.891. The van der Waals surface area contributed by atoms with Crippen molar-refractivity contribution in [2.24, 2.45) is 0 Å². The van der Waals surface area contributed by atoms with Gasteiger partial charge in [0, 0.05) is 17.1 Å². The molecule has 1 aromatic carbocycles. The summed E-state index contributed by atoms with van der Waals surface area (Å²) in [5.41, 5.74) is 1.12. The van der Waals surface area contributed by atoms with Gasteiger partial charge >= 0.3 is 0 Å². The van der Waals surface area contributed by atoms with E-state index in [9.17, 15) is 4.39 Å². The van der Waals surface area contributed by atoms with E-state index in [1.807, 2.05) is 6.07 Å². The fourth-order valence-electron chi connectivity index (χ4n) is 2.07. The third-order valence-corrected chi connectivity index (χ3v) is 3.32. The molecule has 0 spiro atoms. The highest BCUT2D eigenvalue weighted by Crippen LogP contribution is 2.36. The van der Waals surface area contributed by atoms with Crippen LogP contribution < -0.4 is 5.32 Å². The molecule has 0 amide bonds. The van der Waals surface area contributed by atoms with Gasteiger partial charge < -0.3 is 5.32 Å². The zero-order valence-electron chi connectivity index (χ0n) is 9.05. The fraction of sp³-hybridized carbons (Fsp3) is 0.385. The van der Waals surface area contributed by atoms with Crippen LogP contribution in [0.2, 0.25) is 0 Å². The van der Waals surface area contributed by atoms with E-state index in [1.54, 1.807) is 12.1 Å². The number of halogens is 2. The van der Waals surface area contributed by atoms with E-state index < -0.39 is 0 Å². The standard InChI is InChI=1S/C13H15BrFN/c1-9(14)8-16-13-6-11(7-13)10-3-2-4-12(15)5-10/h2-5,11,13,16H,1,6-8H2. The second-order valence-corrected chi connectivity index (χ2v) is 5.44. The Labute approximate surface area is 104 Å². The zero-order valence-corrected chi connectivity index (χ0v) is 10.6. The van der Waals surface area contributed by atoms with E-state index in [-0.39, 0.29) is 5.82 Å². The second kappa shape index (κ2) is 5.11. The Bertz CT molecular complexity index is 385. The first-order chi connectivity index (χ1) is 7.65. The number of hydrogen-bond donors (Lipinski definition) is 1. The topological polar surface area (TPSA) is 12.0 Å². The molecule has 0 atom stereocenters. The van der Waals surface area contributed by atoms with E-state index in [0.717, 1.165) is 29.4 Å². The minimum atomic E-state index is -0.136. The Hall–Kier alpha value is -0.670. The van der Waals surface area contributed by atoms with Crippen molar-refractivity contribution in [1.82, 2.24) is 5.32 Å². The van der Waals surface area contributed by atoms with Crippen LogP contribution in [0, 0.1) is 5.82 Å². The molecular formula is C13H15BrFN. The maximum Gasteiger partial charge on any atom is 0.123 e. The Kier molecular flexibility index (Phi) is 3.77. The summed E-state index contributed by atoms with van der Waals surface area (Å²) in [6.07, 6.45) is 2.17. The third-order valence-electron chi connectivity index (χ3n) is 3.04. The van der Waals surface area contributed by atoms with Crippen LogP contribution in [0.5, 0.6) is 0 Å². The van der Waals surface area contributed by atoms with Gasteiger partial charge in [0.25, 0.3) is 0 Å². The first-order valence-electron chi connectivity index (χ1n) is 5.47. The van der Waals surface area contributed by atoms with Gasteiger partial charge in [-0.1, -0.05) is 34.6 Å². The second-order valence-electron chi connectivity index (χ2n) is 4.32. The first-order valence-corrected chi connectivity index (χ1v) is 6.26. The predicted octanol–water partition coefficient (Wildman–Crippen LogP) is 3.57. The van der Waals surface area contributed by atoms with E-state index in [0.29, 0.717) is 12.0 Å². The Balaban J connectivity index is 1.82. The van der Waals surface area contributed by atoms with Gasteiger partial charge in [-0.05, 0) is 36.5 Å². The third kappa shape index (κ3) is 2.92. The SMILES string of the molecule is C=C(Br)CNC1CC(c2cccc(F)c2)C1. The molecule has 1 nitrogen and oxygen atoms in total. The number of rotatable bonds is 4. The minimum absolute atomic E-state index is 0.136. The highest BCUT2D eigenvalue weighted by Gasteiger charge is 2.29. The Morgan fingerprint density at radius 1 is 1.50 bits per heavy atom. The van der Waals surface area contributed by atoms with Crippen molar-refractivity contribution in [1.29, 1.82) is 0 Å². The number of hydrogen-bond acceptors (Lipinski definition) is 1. The van der Waals surface area contributed by atoms with Crippen molar-refractivity contribution in [3.05, 3.63) is 46.7 Å². The smallest absolute Gasteiger partial charge is 0.123 e. The summed E-state index contributed by atoms with van der Waals surface area (Å²) >= 11 is 3.32. The number of nitrogens with one attached hydrogen (secondary N) is 1. The lowest BCUT2D eigenvalue weighted by atomic mass is 9.76. The zero-order chi connectivity index (χ0) is 11.5. The summed E-state index contributed by atoms with van der Waals surface area (Å²) in [6, 6.07) is 7.47. The van der Waals surface area contributed by atoms with Crippen molar-refractivity contribution >= 4 is 15.9 Å². The van der Waals surface area contributed by atoms with Gasteiger partial charge in [-0.25, -0.2) is 4.39 Å². The molecule has 1 fully saturated rings. The summed E-state index contributed by atoms with van der Waals surface area (Å²) in [6.45, 7) is 4.58. The maximum atomic E-state index is 13.0. The maximum absolute atomic E-state index is 13.0. The van der Waals surface area contributed by atoms with Crippen molar-refractivity contribution in [2.45, 2.75) is 24.8 Å². The summed E-state index contributed by atoms with van der Waals surface area (Å²) in [5, 5.41) is 3.39. The van der Waals surface area contributed by atoms with Crippen molar-refractivity contribution in [2.75, 3.05) is 6.54 Å². The van der Waals surface area contributed by atoms with Gasteiger partial charge in [0.15, 0.2) is 0 Å². The van der Waals surface area contributed by atoms with Crippen LogP contribution in [-0.2, 0) is 0 Å². The molecule has 0 bridgehead atoms. The predicted molar refractivity (Wildman–Crippen MR) is 68.2 cm³/mol. The van der Waals surface area contributed by atoms with Crippen LogP contribution in [0.15, 0.2) is 35.3 Å². The molecule has 3 heteroatoms. The molecule has 0 saturated heterocycles. The van der Waals surface area contributed by atoms with Gasteiger partial charge in [-0.2, -0.15) is 0 Å². The molecule has 0 heterocycles. The molecule has 0 aliphatic heterocycles. The van der Waals surface area contributed by atoms with Crippen LogP contribution in [-0.4, -0.2) is 12.6 Å². The monoisotopic (exact) mass is 283 g/mol. The van der Waals surface area contributed by atoms with Crippen molar-refractivity contribution in [3.8, 4) is 0 Å². The molecule has 1 aromatic rings. The molecule has 0 radical (unpaired) electrons. The van der Waals surface area contributed by atoms with Crippen LogP contribution in [0.4, 0.5) is 4.39 Å². The average Bonchev–Trinajstić information content (AvgIpc) is 2.14. The normalized spacial score (nSPS) is 23.9. The lowest BCUT2D eigenvalue weighted by molar-refractivity contribution is 0.299. The Morgan fingerprint density at radius 2 is 2.25 bits per heavy atom. The van der Waals surface area contributed by atoms with E-state index in [2.05, 4.69) is 27.8 Å². The molecule has 86 valence electrons. The molecule has 16 heavy (non-hydrogen) atoms. The number of benzene rings is 1. The Morgan fingerprint density at radius 3 is 2.88 bits per heavy atom. The largest absolute Gasteiger partial charge is 0.309 e.